The van der Waals surface area contributed by atoms with Crippen molar-refractivity contribution in [2.75, 3.05) is 6.26 Å². The molecule has 1 rings (SSSR count). The first-order valence-electron chi connectivity index (χ1n) is 4.48. The van der Waals surface area contributed by atoms with Crippen LogP contribution in [-0.2, 0) is 9.71 Å². The molecular formula is C9H19NOS. The molecule has 1 N–H and O–H groups in total. The molecule has 1 aliphatic carbocycles. The summed E-state index contributed by atoms with van der Waals surface area (Å²) >= 11 is 0. The lowest BCUT2D eigenvalue weighted by Gasteiger charge is -2.38. The zero-order valence-corrected chi connectivity index (χ0v) is 8.99. The van der Waals surface area contributed by atoms with Crippen LogP contribution in [0.25, 0.3) is 0 Å². The first-order valence-corrected chi connectivity index (χ1v) is 6.61. The standard InChI is InChI=1S/C9H19NOS/c1-7(2)8-5-9(6-8)10-12(3,4)11/h7-9H,3,5-6H2,1-2,4H3,(H,10,11). The number of hydrogen-bond acceptors (Lipinski definition) is 1. The van der Waals surface area contributed by atoms with Crippen molar-refractivity contribution in [3.05, 3.63) is 0 Å². The van der Waals surface area contributed by atoms with E-state index in [1.807, 2.05) is 0 Å². The van der Waals surface area contributed by atoms with Gasteiger partial charge in [0.25, 0.3) is 0 Å². The summed E-state index contributed by atoms with van der Waals surface area (Å²) in [5, 5.41) is 0. The number of rotatable bonds is 3. The van der Waals surface area contributed by atoms with Gasteiger partial charge in [0.1, 0.15) is 0 Å². The van der Waals surface area contributed by atoms with Crippen molar-refractivity contribution in [2.24, 2.45) is 11.8 Å². The van der Waals surface area contributed by atoms with Crippen molar-refractivity contribution >= 4 is 15.6 Å². The molecule has 1 unspecified atom stereocenters. The molecule has 0 saturated heterocycles. The molecular weight excluding hydrogens is 170 g/mol. The fourth-order valence-corrected chi connectivity index (χ4v) is 2.55. The molecule has 2 nitrogen and oxygen atoms in total. The van der Waals surface area contributed by atoms with Crippen LogP contribution in [-0.4, -0.2) is 22.4 Å². The number of nitrogens with one attached hydrogen (secondary N) is 1. The third-order valence-corrected chi connectivity index (χ3v) is 3.37. The summed E-state index contributed by atoms with van der Waals surface area (Å²) < 4.78 is 14.3. The molecule has 3 heteroatoms. The van der Waals surface area contributed by atoms with Crippen LogP contribution in [0.3, 0.4) is 0 Å². The van der Waals surface area contributed by atoms with Crippen LogP contribution in [0.15, 0.2) is 0 Å². The third-order valence-electron chi connectivity index (χ3n) is 2.53. The van der Waals surface area contributed by atoms with Gasteiger partial charge in [0.15, 0.2) is 0 Å². The Kier molecular flexibility index (Phi) is 2.84. The first-order chi connectivity index (χ1) is 5.38. The molecule has 0 aromatic carbocycles. The van der Waals surface area contributed by atoms with Crippen LogP contribution in [0.1, 0.15) is 26.7 Å². The van der Waals surface area contributed by atoms with Crippen molar-refractivity contribution < 1.29 is 4.21 Å². The minimum absolute atomic E-state index is 0.451. The first kappa shape index (κ1) is 10.1. The van der Waals surface area contributed by atoms with E-state index in [9.17, 15) is 4.21 Å². The lowest BCUT2D eigenvalue weighted by molar-refractivity contribution is 0.188. The average Bonchev–Trinajstić information content (AvgIpc) is 1.74. The SMILES string of the molecule is C=S(C)(=O)NC1CC(C(C)C)C1. The molecule has 1 saturated carbocycles. The summed E-state index contributed by atoms with van der Waals surface area (Å²) in [5.41, 5.74) is 0. The Bertz CT molecular complexity index is 237. The van der Waals surface area contributed by atoms with Gasteiger partial charge >= 0.3 is 0 Å². The van der Waals surface area contributed by atoms with E-state index in [0.29, 0.717) is 6.04 Å². The molecule has 1 fully saturated rings. The summed E-state index contributed by atoms with van der Waals surface area (Å²) in [6, 6.07) is 0.451. The predicted octanol–water partition coefficient (Wildman–Crippen LogP) is 1.27. The van der Waals surface area contributed by atoms with Gasteiger partial charge in [0.05, 0.1) is 0 Å². The van der Waals surface area contributed by atoms with E-state index in [1.165, 1.54) is 0 Å². The molecule has 0 spiro atoms. The molecule has 0 aliphatic heterocycles. The van der Waals surface area contributed by atoms with Crippen molar-refractivity contribution in [3.63, 3.8) is 0 Å². The monoisotopic (exact) mass is 189 g/mol. The van der Waals surface area contributed by atoms with Crippen LogP contribution in [0.2, 0.25) is 0 Å². The van der Waals surface area contributed by atoms with Gasteiger partial charge in [0, 0.05) is 22.0 Å². The van der Waals surface area contributed by atoms with Crippen molar-refractivity contribution in [1.82, 2.24) is 4.72 Å². The fourth-order valence-electron chi connectivity index (χ4n) is 1.65. The maximum absolute atomic E-state index is 11.2. The van der Waals surface area contributed by atoms with Gasteiger partial charge in [-0.1, -0.05) is 13.8 Å². The summed E-state index contributed by atoms with van der Waals surface area (Å²) in [6.45, 7) is 4.49. The molecule has 1 aliphatic rings. The Labute approximate surface area is 75.9 Å². The predicted molar refractivity (Wildman–Crippen MR) is 55.7 cm³/mol. The van der Waals surface area contributed by atoms with Crippen molar-refractivity contribution in [3.8, 4) is 0 Å². The normalized spacial score (nSPS) is 34.3. The quantitative estimate of drug-likeness (QED) is 0.666. The minimum atomic E-state index is -1.98. The van der Waals surface area contributed by atoms with E-state index in [4.69, 9.17) is 0 Å². The van der Waals surface area contributed by atoms with E-state index in [1.54, 1.807) is 6.26 Å². The average molecular weight is 189 g/mol. The summed E-state index contributed by atoms with van der Waals surface area (Å²) in [6.07, 6.45) is 3.99. The van der Waals surface area contributed by atoms with Gasteiger partial charge in [-0.2, -0.15) is 0 Å². The van der Waals surface area contributed by atoms with Gasteiger partial charge in [-0.05, 0) is 30.5 Å². The van der Waals surface area contributed by atoms with Gasteiger partial charge in [-0.25, -0.2) is 4.72 Å². The lowest BCUT2D eigenvalue weighted by atomic mass is 9.74. The van der Waals surface area contributed by atoms with Gasteiger partial charge in [0.2, 0.25) is 0 Å². The summed E-state index contributed by atoms with van der Waals surface area (Å²) in [4.78, 5) is 0. The van der Waals surface area contributed by atoms with Gasteiger partial charge < -0.3 is 0 Å². The van der Waals surface area contributed by atoms with Crippen LogP contribution >= 0.6 is 0 Å². The molecule has 0 bridgehead atoms. The molecule has 72 valence electrons. The van der Waals surface area contributed by atoms with E-state index in [-0.39, 0.29) is 0 Å². The van der Waals surface area contributed by atoms with Gasteiger partial charge in [-0.3, -0.25) is 4.21 Å². The van der Waals surface area contributed by atoms with Crippen molar-refractivity contribution in [2.45, 2.75) is 32.7 Å². The zero-order chi connectivity index (χ0) is 9.35. The Hall–Kier alpha value is -0.0200. The minimum Gasteiger partial charge on any atom is -0.253 e. The summed E-state index contributed by atoms with van der Waals surface area (Å²) in [5.74, 6) is 5.17. The van der Waals surface area contributed by atoms with Crippen LogP contribution in [0.4, 0.5) is 0 Å². The maximum atomic E-state index is 11.2. The highest BCUT2D eigenvalue weighted by Gasteiger charge is 2.31. The second kappa shape index (κ2) is 3.38. The van der Waals surface area contributed by atoms with E-state index in [0.717, 1.165) is 24.7 Å². The van der Waals surface area contributed by atoms with Crippen LogP contribution in [0.5, 0.6) is 0 Å². The lowest BCUT2D eigenvalue weighted by Crippen LogP contribution is -2.45. The van der Waals surface area contributed by atoms with E-state index < -0.39 is 9.71 Å². The highest BCUT2D eigenvalue weighted by Crippen LogP contribution is 2.33. The molecule has 12 heavy (non-hydrogen) atoms. The second-order valence-corrected chi connectivity index (χ2v) is 6.54. The molecule has 0 heterocycles. The van der Waals surface area contributed by atoms with E-state index in [2.05, 4.69) is 24.4 Å². The molecule has 0 aromatic rings. The van der Waals surface area contributed by atoms with E-state index >= 15 is 0 Å². The Morgan fingerprint density at radius 3 is 2.33 bits per heavy atom. The second-order valence-electron chi connectivity index (χ2n) is 4.30. The number of hydrogen-bond donors (Lipinski definition) is 1. The maximum Gasteiger partial charge on any atom is 0.0222 e. The molecule has 1 atom stereocenters. The Balaban J connectivity index is 2.27. The molecule has 0 aromatic heterocycles. The third kappa shape index (κ3) is 2.79. The highest BCUT2D eigenvalue weighted by atomic mass is 32.2. The van der Waals surface area contributed by atoms with Crippen LogP contribution < -0.4 is 4.72 Å². The Morgan fingerprint density at radius 2 is 2.00 bits per heavy atom. The van der Waals surface area contributed by atoms with Crippen molar-refractivity contribution in [1.29, 1.82) is 0 Å². The highest BCUT2D eigenvalue weighted by molar-refractivity contribution is 7.97. The zero-order valence-electron chi connectivity index (χ0n) is 8.17. The molecule has 0 amide bonds. The Morgan fingerprint density at radius 1 is 1.50 bits per heavy atom. The van der Waals surface area contributed by atoms with Crippen LogP contribution in [0, 0.1) is 11.8 Å². The van der Waals surface area contributed by atoms with Gasteiger partial charge in [-0.15, -0.1) is 0 Å². The topological polar surface area (TPSA) is 29.1 Å². The largest absolute Gasteiger partial charge is 0.253 e. The smallest absolute Gasteiger partial charge is 0.0222 e. The fraction of sp³-hybridized carbons (Fsp3) is 0.889. The summed E-state index contributed by atoms with van der Waals surface area (Å²) in [7, 11) is -1.98. The molecule has 0 radical (unpaired) electrons.